The van der Waals surface area contributed by atoms with E-state index in [1.54, 1.807) is 0 Å². The van der Waals surface area contributed by atoms with Crippen LogP contribution in [0.3, 0.4) is 0 Å². The van der Waals surface area contributed by atoms with Gasteiger partial charge in [0, 0.05) is 27.5 Å². The van der Waals surface area contributed by atoms with Gasteiger partial charge < -0.3 is 0 Å². The summed E-state index contributed by atoms with van der Waals surface area (Å²) in [6.07, 6.45) is 9.55. The van der Waals surface area contributed by atoms with Gasteiger partial charge in [0.25, 0.3) is 0 Å². The van der Waals surface area contributed by atoms with Gasteiger partial charge in [-0.3, -0.25) is 0 Å². The molecule has 0 aliphatic heterocycles. The van der Waals surface area contributed by atoms with Crippen molar-refractivity contribution in [3.8, 4) is 34.0 Å². The van der Waals surface area contributed by atoms with Crippen LogP contribution in [-0.4, -0.2) is 19.9 Å². The zero-order valence-corrected chi connectivity index (χ0v) is 21.6. The second-order valence-electron chi connectivity index (χ2n) is 10.2. The van der Waals surface area contributed by atoms with Crippen molar-refractivity contribution in [3.05, 3.63) is 133 Å². The molecule has 0 radical (unpaired) electrons. The van der Waals surface area contributed by atoms with Crippen LogP contribution in [0, 0.1) is 0 Å². The van der Waals surface area contributed by atoms with Crippen LogP contribution in [0.25, 0.3) is 55.8 Å². The first kappa shape index (κ1) is 23.2. The predicted octanol–water partition coefficient (Wildman–Crippen LogP) is 8.35. The van der Waals surface area contributed by atoms with Crippen molar-refractivity contribution in [2.24, 2.45) is 0 Å². The zero-order valence-electron chi connectivity index (χ0n) is 21.6. The molecule has 0 N–H and O–H groups in total. The minimum absolute atomic E-state index is 0.259. The molecule has 186 valence electrons. The second-order valence-corrected chi connectivity index (χ2v) is 10.2. The molecule has 4 heteroatoms. The van der Waals surface area contributed by atoms with Crippen molar-refractivity contribution in [3.63, 3.8) is 0 Å². The highest BCUT2D eigenvalue weighted by Gasteiger charge is 2.29. The van der Waals surface area contributed by atoms with E-state index in [1.165, 1.54) is 0 Å². The maximum atomic E-state index is 5.22. The lowest BCUT2D eigenvalue weighted by Crippen LogP contribution is -2.22. The highest BCUT2D eigenvalue weighted by atomic mass is 14.9. The van der Waals surface area contributed by atoms with Crippen molar-refractivity contribution in [2.45, 2.75) is 18.8 Å². The van der Waals surface area contributed by atoms with Crippen molar-refractivity contribution < 1.29 is 0 Å². The van der Waals surface area contributed by atoms with Crippen LogP contribution in [0.2, 0.25) is 0 Å². The van der Waals surface area contributed by atoms with Crippen molar-refractivity contribution in [1.82, 2.24) is 19.9 Å². The number of benzene rings is 4. The first-order valence-electron chi connectivity index (χ1n) is 13.2. The molecule has 0 bridgehead atoms. The molecule has 2 heterocycles. The average molecular weight is 503 g/mol. The fraction of sp³-hybridized carbons (Fsp3) is 0.0857. The lowest BCUT2D eigenvalue weighted by Gasteiger charge is -2.28. The second kappa shape index (κ2) is 9.41. The molecule has 0 amide bonds. The smallest absolute Gasteiger partial charge is 0.160 e. The average Bonchev–Trinajstić information content (AvgIpc) is 3.01. The third kappa shape index (κ3) is 4.11. The van der Waals surface area contributed by atoms with Gasteiger partial charge >= 0.3 is 0 Å². The Labute approximate surface area is 227 Å². The molecule has 39 heavy (non-hydrogen) atoms. The predicted molar refractivity (Wildman–Crippen MR) is 159 cm³/mol. The third-order valence-corrected chi connectivity index (χ3v) is 7.43. The van der Waals surface area contributed by atoms with Gasteiger partial charge in [-0.2, -0.15) is 0 Å². The third-order valence-electron chi connectivity index (χ3n) is 7.43. The Kier molecular flexibility index (Phi) is 5.59. The van der Waals surface area contributed by atoms with Gasteiger partial charge in [0.1, 0.15) is 0 Å². The van der Waals surface area contributed by atoms with E-state index >= 15 is 0 Å². The molecule has 4 aromatic carbocycles. The molecular formula is C35H26N4. The quantitative estimate of drug-likeness (QED) is 0.227. The highest BCUT2D eigenvalue weighted by molar-refractivity contribution is 6.11. The van der Waals surface area contributed by atoms with Crippen molar-refractivity contribution >= 4 is 21.8 Å². The van der Waals surface area contributed by atoms with Crippen LogP contribution >= 0.6 is 0 Å². The monoisotopic (exact) mass is 502 g/mol. The Morgan fingerprint density at radius 1 is 0.590 bits per heavy atom. The number of hydrogen-bond acceptors (Lipinski definition) is 4. The molecule has 1 aliphatic carbocycles. The van der Waals surface area contributed by atoms with Gasteiger partial charge in [-0.1, -0.05) is 122 Å². The van der Waals surface area contributed by atoms with Crippen LogP contribution in [-0.2, 0) is 5.41 Å². The van der Waals surface area contributed by atoms with Gasteiger partial charge in [0.2, 0.25) is 0 Å². The maximum absolute atomic E-state index is 5.22. The van der Waals surface area contributed by atoms with Crippen LogP contribution in [0.5, 0.6) is 0 Å². The van der Waals surface area contributed by atoms with E-state index in [0.717, 1.165) is 56.3 Å². The molecule has 6 aromatic rings. The van der Waals surface area contributed by atoms with E-state index in [-0.39, 0.29) is 5.41 Å². The van der Waals surface area contributed by atoms with E-state index in [2.05, 4.69) is 79.8 Å². The van der Waals surface area contributed by atoms with Gasteiger partial charge in [-0.25, -0.2) is 19.9 Å². The van der Waals surface area contributed by atoms with Crippen molar-refractivity contribution in [2.75, 3.05) is 0 Å². The van der Waals surface area contributed by atoms with E-state index in [4.69, 9.17) is 19.9 Å². The Bertz CT molecular complexity index is 1880. The topological polar surface area (TPSA) is 51.6 Å². The summed E-state index contributed by atoms with van der Waals surface area (Å²) < 4.78 is 0. The van der Waals surface area contributed by atoms with E-state index in [1.807, 2.05) is 54.6 Å². The van der Waals surface area contributed by atoms with Gasteiger partial charge in [0.05, 0.1) is 27.8 Å². The van der Waals surface area contributed by atoms with Gasteiger partial charge in [-0.15, -0.1) is 0 Å². The van der Waals surface area contributed by atoms with Crippen LogP contribution in [0.1, 0.15) is 19.0 Å². The molecule has 4 nitrogen and oxygen atoms in total. The molecule has 7 rings (SSSR count). The Hall–Kier alpha value is -4.96. The summed E-state index contributed by atoms with van der Waals surface area (Å²) in [6.45, 7) is 2.25. The van der Waals surface area contributed by atoms with Crippen LogP contribution in [0.4, 0.5) is 0 Å². The Morgan fingerprint density at radius 3 is 1.82 bits per heavy atom. The molecule has 0 fully saturated rings. The van der Waals surface area contributed by atoms with Gasteiger partial charge in [-0.05, 0) is 18.6 Å². The normalized spacial score (nSPS) is 16.6. The first-order valence-corrected chi connectivity index (χ1v) is 13.2. The summed E-state index contributed by atoms with van der Waals surface area (Å²) in [5.41, 5.74) is 6.37. The summed E-state index contributed by atoms with van der Waals surface area (Å²) in [5, 5.41) is 1.97. The molecule has 0 saturated carbocycles. The summed E-state index contributed by atoms with van der Waals surface area (Å²) in [6, 6.07) is 34.9. The van der Waals surface area contributed by atoms with E-state index in [0.29, 0.717) is 11.6 Å². The number of rotatable bonds is 4. The summed E-state index contributed by atoms with van der Waals surface area (Å²) >= 11 is 0. The standard InChI is InChI=1S/C35H26N4/c1-35(22-12-5-13-23-35)32-27-20-21-28-29(31(27)38-34(39-32)26-18-10-4-11-19-26)30(24-14-6-2-7-15-24)37-33(36-28)25-16-8-3-9-17-25/h2-22H,23H2,1H3. The highest BCUT2D eigenvalue weighted by Crippen LogP contribution is 2.40. The summed E-state index contributed by atoms with van der Waals surface area (Å²) in [4.78, 5) is 20.6. The van der Waals surface area contributed by atoms with Crippen LogP contribution < -0.4 is 0 Å². The largest absolute Gasteiger partial charge is 0.231 e. The fourth-order valence-corrected chi connectivity index (χ4v) is 5.39. The first-order chi connectivity index (χ1) is 19.2. The molecule has 2 aromatic heterocycles. The van der Waals surface area contributed by atoms with Gasteiger partial charge in [0.15, 0.2) is 11.6 Å². The van der Waals surface area contributed by atoms with E-state index in [9.17, 15) is 0 Å². The SMILES string of the molecule is CC1(c2nc(-c3ccccc3)nc3c2ccc2nc(-c4ccccc4)nc(-c4ccccc4)c23)C=CC=CC1. The Balaban J connectivity index is 1.61. The molecular weight excluding hydrogens is 476 g/mol. The zero-order chi connectivity index (χ0) is 26.2. The maximum Gasteiger partial charge on any atom is 0.160 e. The summed E-state index contributed by atoms with van der Waals surface area (Å²) in [5.74, 6) is 1.41. The lowest BCUT2D eigenvalue weighted by atomic mass is 9.78. The number of hydrogen-bond donors (Lipinski definition) is 0. The van der Waals surface area contributed by atoms with Crippen molar-refractivity contribution in [1.29, 1.82) is 0 Å². The molecule has 0 saturated heterocycles. The lowest BCUT2D eigenvalue weighted by molar-refractivity contribution is 0.585. The number of aromatic nitrogens is 4. The molecule has 1 aliphatic rings. The molecule has 1 atom stereocenters. The minimum atomic E-state index is -0.259. The summed E-state index contributed by atoms with van der Waals surface area (Å²) in [7, 11) is 0. The fourth-order valence-electron chi connectivity index (χ4n) is 5.39. The number of allylic oxidation sites excluding steroid dienone is 4. The number of fused-ring (bicyclic) bond motifs is 3. The Morgan fingerprint density at radius 2 is 1.21 bits per heavy atom. The molecule has 0 spiro atoms. The molecule has 1 unspecified atom stereocenters. The van der Waals surface area contributed by atoms with E-state index < -0.39 is 0 Å². The van der Waals surface area contributed by atoms with Crippen LogP contribution in [0.15, 0.2) is 127 Å². The minimum Gasteiger partial charge on any atom is -0.231 e. The number of nitrogens with zero attached hydrogens (tertiary/aromatic N) is 4.